The normalized spacial score (nSPS) is 10.2. The molecule has 2 aromatic rings. The van der Waals surface area contributed by atoms with E-state index in [2.05, 4.69) is 15.0 Å². The van der Waals surface area contributed by atoms with Gasteiger partial charge in [-0.05, 0) is 0 Å². The molecule has 11 heavy (non-hydrogen) atoms. The van der Waals surface area contributed by atoms with Gasteiger partial charge in [0.2, 0.25) is 5.71 Å². The molecule has 0 aliphatic rings. The van der Waals surface area contributed by atoms with Crippen LogP contribution in [0.2, 0.25) is 0 Å². The highest BCUT2D eigenvalue weighted by Gasteiger charge is 1.99. The quantitative estimate of drug-likeness (QED) is 0.526. The summed E-state index contributed by atoms with van der Waals surface area (Å²) in [5, 5.41) is 0.301. The van der Waals surface area contributed by atoms with Gasteiger partial charge < -0.3 is 4.42 Å². The van der Waals surface area contributed by atoms with Crippen molar-refractivity contribution >= 4 is 11.1 Å². The van der Waals surface area contributed by atoms with Crippen LogP contribution in [0.15, 0.2) is 28.1 Å². The third-order valence-corrected chi connectivity index (χ3v) is 1.24. The van der Waals surface area contributed by atoms with Crippen LogP contribution in [0.25, 0.3) is 11.1 Å². The Morgan fingerprint density at radius 3 is 3.09 bits per heavy atom. The molecule has 2 aromatic heterocycles. The average Bonchev–Trinajstić information content (AvgIpc) is 2.06. The number of rotatable bonds is 0. The van der Waals surface area contributed by atoms with Crippen LogP contribution in [-0.4, -0.2) is 15.0 Å². The molecule has 0 saturated carbocycles. The highest BCUT2D eigenvalue weighted by Crippen LogP contribution is 1.99. The van der Waals surface area contributed by atoms with Gasteiger partial charge >= 0.3 is 0 Å². The summed E-state index contributed by atoms with van der Waals surface area (Å²) in [6.45, 7) is 0. The minimum absolute atomic E-state index is 0.264. The molecule has 0 amide bonds. The summed E-state index contributed by atoms with van der Waals surface area (Å²) in [6, 6.07) is 0. The average molecular weight is 149 g/mol. The predicted octanol–water partition coefficient (Wildman–Crippen LogP) is -0.0220. The van der Waals surface area contributed by atoms with Crippen molar-refractivity contribution in [1.82, 2.24) is 15.0 Å². The lowest BCUT2D eigenvalue weighted by molar-refractivity contribution is 0.563. The van der Waals surface area contributed by atoms with E-state index in [1.165, 1.54) is 12.5 Å². The zero-order valence-corrected chi connectivity index (χ0v) is 5.39. The van der Waals surface area contributed by atoms with E-state index >= 15 is 0 Å². The second kappa shape index (κ2) is 2.12. The summed E-state index contributed by atoms with van der Waals surface area (Å²) in [4.78, 5) is 21.7. The van der Waals surface area contributed by atoms with E-state index in [9.17, 15) is 4.79 Å². The van der Waals surface area contributed by atoms with E-state index in [-0.39, 0.29) is 11.3 Å². The maximum absolute atomic E-state index is 10.9. The Morgan fingerprint density at radius 2 is 2.27 bits per heavy atom. The zero-order chi connectivity index (χ0) is 7.68. The van der Waals surface area contributed by atoms with E-state index in [4.69, 9.17) is 4.42 Å². The van der Waals surface area contributed by atoms with Gasteiger partial charge in [-0.2, -0.15) is 4.98 Å². The minimum atomic E-state index is -0.369. The third-order valence-electron chi connectivity index (χ3n) is 1.24. The molecule has 0 aliphatic carbocycles. The molecule has 0 aromatic carbocycles. The predicted molar refractivity (Wildman–Crippen MR) is 35.9 cm³/mol. The summed E-state index contributed by atoms with van der Waals surface area (Å²) in [6.07, 6.45) is 3.75. The molecule has 0 fully saturated rings. The van der Waals surface area contributed by atoms with Gasteiger partial charge in [0.25, 0.3) is 5.56 Å². The number of nitrogens with zero attached hydrogens (tertiary/aromatic N) is 3. The molecule has 0 spiro atoms. The smallest absolute Gasteiger partial charge is 0.286 e. The Bertz CT molecular complexity index is 432. The summed E-state index contributed by atoms with van der Waals surface area (Å²) in [7, 11) is 0. The van der Waals surface area contributed by atoms with Gasteiger partial charge in [0, 0.05) is 6.20 Å². The van der Waals surface area contributed by atoms with Crippen molar-refractivity contribution < 1.29 is 4.42 Å². The summed E-state index contributed by atoms with van der Waals surface area (Å²) >= 11 is 0. The van der Waals surface area contributed by atoms with Gasteiger partial charge in [0.1, 0.15) is 11.7 Å². The topological polar surface area (TPSA) is 68.9 Å². The van der Waals surface area contributed by atoms with Crippen molar-refractivity contribution in [3.05, 3.63) is 29.3 Å². The van der Waals surface area contributed by atoms with E-state index in [0.717, 1.165) is 6.39 Å². The molecule has 0 atom stereocenters. The monoisotopic (exact) mass is 149 g/mol. The van der Waals surface area contributed by atoms with Crippen molar-refractivity contribution in [2.75, 3.05) is 0 Å². The highest BCUT2D eigenvalue weighted by atomic mass is 16.3. The van der Waals surface area contributed by atoms with Crippen LogP contribution in [0.5, 0.6) is 0 Å². The first-order valence-electron chi connectivity index (χ1n) is 2.91. The van der Waals surface area contributed by atoms with Crippen LogP contribution in [0.4, 0.5) is 0 Å². The molecule has 0 aliphatic heterocycles. The van der Waals surface area contributed by atoms with Crippen molar-refractivity contribution in [3.8, 4) is 0 Å². The van der Waals surface area contributed by atoms with Crippen molar-refractivity contribution in [1.29, 1.82) is 0 Å². The van der Waals surface area contributed by atoms with E-state index in [1.54, 1.807) is 0 Å². The van der Waals surface area contributed by atoms with Crippen molar-refractivity contribution in [3.63, 3.8) is 0 Å². The van der Waals surface area contributed by atoms with E-state index < -0.39 is 0 Å². The second-order valence-electron chi connectivity index (χ2n) is 1.90. The van der Waals surface area contributed by atoms with Crippen molar-refractivity contribution in [2.24, 2.45) is 0 Å². The first-order valence-corrected chi connectivity index (χ1v) is 2.91. The molecule has 5 heteroatoms. The first kappa shape index (κ1) is 5.96. The first-order chi connectivity index (χ1) is 5.38. The molecule has 54 valence electrons. The Labute approximate surface area is 60.7 Å². The standard InChI is InChI=1S/C6H3N3O2/c10-5-4-1-7-2-8-6(4)11-3-9-5/h1-3H. The van der Waals surface area contributed by atoms with Crippen LogP contribution >= 0.6 is 0 Å². The van der Waals surface area contributed by atoms with E-state index in [1.807, 2.05) is 0 Å². The van der Waals surface area contributed by atoms with Gasteiger partial charge in [-0.3, -0.25) is 4.79 Å². The SMILES string of the molecule is O=c1ncoc2ncncc12. The molecule has 2 rings (SSSR count). The molecule has 0 radical (unpaired) electrons. The minimum Gasteiger partial charge on any atom is -0.426 e. The molecule has 5 nitrogen and oxygen atoms in total. The number of aromatic nitrogens is 3. The molecule has 0 unspecified atom stereocenters. The van der Waals surface area contributed by atoms with Crippen molar-refractivity contribution in [2.45, 2.75) is 0 Å². The highest BCUT2D eigenvalue weighted by molar-refractivity contribution is 5.68. The fourth-order valence-electron chi connectivity index (χ4n) is 0.753. The Morgan fingerprint density at radius 1 is 1.36 bits per heavy atom. The maximum Gasteiger partial charge on any atom is 0.286 e. The zero-order valence-electron chi connectivity index (χ0n) is 5.39. The van der Waals surface area contributed by atoms with Gasteiger partial charge in [0.05, 0.1) is 0 Å². The number of hydrogen-bond donors (Lipinski definition) is 0. The lowest BCUT2D eigenvalue weighted by Crippen LogP contribution is -2.05. The molecule has 2 heterocycles. The largest absolute Gasteiger partial charge is 0.426 e. The van der Waals surface area contributed by atoms with Gasteiger partial charge in [-0.1, -0.05) is 0 Å². The summed E-state index contributed by atoms with van der Waals surface area (Å²) in [5.74, 6) is 0. The van der Waals surface area contributed by atoms with Crippen LogP contribution in [0.1, 0.15) is 0 Å². The summed E-state index contributed by atoms with van der Waals surface area (Å²) < 4.78 is 4.83. The Kier molecular flexibility index (Phi) is 1.15. The van der Waals surface area contributed by atoms with Crippen LogP contribution in [-0.2, 0) is 0 Å². The molecular formula is C6H3N3O2. The molecule has 0 saturated heterocycles. The third kappa shape index (κ3) is 0.861. The fourth-order valence-corrected chi connectivity index (χ4v) is 0.753. The Hall–Kier alpha value is -1.78. The summed E-state index contributed by atoms with van der Waals surface area (Å²) in [5.41, 5.74) is -0.105. The maximum atomic E-state index is 10.9. The number of fused-ring (bicyclic) bond motifs is 1. The lowest BCUT2D eigenvalue weighted by Gasteiger charge is -1.88. The van der Waals surface area contributed by atoms with Crippen LogP contribution in [0.3, 0.4) is 0 Å². The van der Waals surface area contributed by atoms with Crippen LogP contribution in [0, 0.1) is 0 Å². The second-order valence-corrected chi connectivity index (χ2v) is 1.90. The molecule has 0 N–H and O–H groups in total. The van der Waals surface area contributed by atoms with Crippen LogP contribution < -0.4 is 5.56 Å². The lowest BCUT2D eigenvalue weighted by atomic mass is 10.4. The van der Waals surface area contributed by atoms with Gasteiger partial charge in [-0.15, -0.1) is 0 Å². The molecule has 0 bridgehead atoms. The molecular weight excluding hydrogens is 146 g/mol. The Balaban J connectivity index is 3.03. The van der Waals surface area contributed by atoms with Gasteiger partial charge in [-0.25, -0.2) is 9.97 Å². The number of hydrogen-bond acceptors (Lipinski definition) is 5. The van der Waals surface area contributed by atoms with E-state index in [0.29, 0.717) is 5.39 Å². The van der Waals surface area contributed by atoms with Gasteiger partial charge in [0.15, 0.2) is 6.39 Å². The fraction of sp³-hybridized carbons (Fsp3) is 0.